The third kappa shape index (κ3) is 3.10. The average Bonchev–Trinajstić information content (AvgIpc) is 2.70. The molecule has 1 aromatic heterocycles. The van der Waals surface area contributed by atoms with Crippen LogP contribution in [0, 0.1) is 19.8 Å². The van der Waals surface area contributed by atoms with Crippen LogP contribution in [0.2, 0.25) is 0 Å². The molecule has 19 heavy (non-hydrogen) atoms. The molecular formula is C14H20N4O. The largest absolute Gasteiger partial charge is 0.354 e. The Kier molecular flexibility index (Phi) is 3.83. The molecule has 1 N–H and O–H groups in total. The number of aryl methyl sites for hydroxylation is 2. The molecule has 0 radical (unpaired) electrons. The molecule has 0 atom stereocenters. The molecule has 0 saturated carbocycles. The standard InChI is InChI=1S/C14H20N4O/c1-9(2)7-15-14(19)8-18-13-6-11(4)10(3)5-12(13)16-17-18/h5-6,9H,7-8H2,1-4H3,(H,15,19). The fourth-order valence-electron chi connectivity index (χ4n) is 1.85. The molecule has 2 rings (SSSR count). The van der Waals surface area contributed by atoms with Crippen molar-refractivity contribution in [3.05, 3.63) is 23.3 Å². The van der Waals surface area contributed by atoms with Gasteiger partial charge in [-0.05, 0) is 43.0 Å². The van der Waals surface area contributed by atoms with Crippen molar-refractivity contribution in [1.82, 2.24) is 20.3 Å². The third-order valence-corrected chi connectivity index (χ3v) is 3.13. The van der Waals surface area contributed by atoms with Crippen LogP contribution in [-0.4, -0.2) is 27.4 Å². The summed E-state index contributed by atoms with van der Waals surface area (Å²) in [6.45, 7) is 9.12. The van der Waals surface area contributed by atoms with E-state index < -0.39 is 0 Å². The summed E-state index contributed by atoms with van der Waals surface area (Å²) in [5.74, 6) is 0.417. The zero-order valence-electron chi connectivity index (χ0n) is 11.9. The Morgan fingerprint density at radius 3 is 2.68 bits per heavy atom. The van der Waals surface area contributed by atoms with Crippen molar-refractivity contribution < 1.29 is 4.79 Å². The Bertz CT molecular complexity index is 601. The van der Waals surface area contributed by atoms with Crippen LogP contribution in [0.25, 0.3) is 11.0 Å². The Morgan fingerprint density at radius 1 is 1.32 bits per heavy atom. The fourth-order valence-corrected chi connectivity index (χ4v) is 1.85. The lowest BCUT2D eigenvalue weighted by molar-refractivity contribution is -0.121. The second-order valence-corrected chi connectivity index (χ2v) is 5.37. The van der Waals surface area contributed by atoms with Crippen LogP contribution >= 0.6 is 0 Å². The van der Waals surface area contributed by atoms with Gasteiger partial charge in [0.2, 0.25) is 5.91 Å². The summed E-state index contributed by atoms with van der Waals surface area (Å²) in [5, 5.41) is 11.0. The first-order valence-corrected chi connectivity index (χ1v) is 6.54. The van der Waals surface area contributed by atoms with E-state index in [-0.39, 0.29) is 12.5 Å². The molecule has 2 aromatic rings. The molecule has 0 spiro atoms. The number of nitrogens with zero attached hydrogens (tertiary/aromatic N) is 3. The highest BCUT2D eigenvalue weighted by Crippen LogP contribution is 2.16. The minimum atomic E-state index is -0.0290. The van der Waals surface area contributed by atoms with Crippen LogP contribution < -0.4 is 5.32 Å². The van der Waals surface area contributed by atoms with E-state index in [2.05, 4.69) is 29.5 Å². The Labute approximate surface area is 113 Å². The molecule has 0 aliphatic rings. The minimum absolute atomic E-state index is 0.0290. The van der Waals surface area contributed by atoms with E-state index in [9.17, 15) is 4.79 Å². The van der Waals surface area contributed by atoms with E-state index in [0.717, 1.165) is 11.0 Å². The number of nitrogens with one attached hydrogen (secondary N) is 1. The van der Waals surface area contributed by atoms with E-state index >= 15 is 0 Å². The van der Waals surface area contributed by atoms with Gasteiger partial charge in [-0.15, -0.1) is 5.10 Å². The number of carbonyl (C=O) groups is 1. The van der Waals surface area contributed by atoms with Crippen LogP contribution in [0.15, 0.2) is 12.1 Å². The Balaban J connectivity index is 2.17. The van der Waals surface area contributed by atoms with Gasteiger partial charge in [-0.3, -0.25) is 4.79 Å². The van der Waals surface area contributed by atoms with E-state index in [0.29, 0.717) is 12.5 Å². The first-order chi connectivity index (χ1) is 8.97. The lowest BCUT2D eigenvalue weighted by atomic mass is 10.1. The first-order valence-electron chi connectivity index (χ1n) is 6.54. The van der Waals surface area contributed by atoms with E-state index in [1.807, 2.05) is 26.0 Å². The Morgan fingerprint density at radius 2 is 2.00 bits per heavy atom. The molecule has 1 aromatic carbocycles. The molecule has 1 heterocycles. The summed E-state index contributed by atoms with van der Waals surface area (Å²) in [7, 11) is 0. The molecule has 5 nitrogen and oxygen atoms in total. The van der Waals surface area contributed by atoms with E-state index in [1.165, 1.54) is 11.1 Å². The lowest BCUT2D eigenvalue weighted by Crippen LogP contribution is -2.30. The monoisotopic (exact) mass is 260 g/mol. The zero-order valence-corrected chi connectivity index (χ0v) is 11.9. The molecule has 1 amide bonds. The van der Waals surface area contributed by atoms with E-state index in [4.69, 9.17) is 0 Å². The highest BCUT2D eigenvalue weighted by atomic mass is 16.2. The summed E-state index contributed by atoms with van der Waals surface area (Å²) in [6.07, 6.45) is 0. The van der Waals surface area contributed by atoms with Crippen LogP contribution in [0.5, 0.6) is 0 Å². The van der Waals surface area contributed by atoms with Gasteiger partial charge < -0.3 is 5.32 Å². The van der Waals surface area contributed by atoms with Crippen molar-refractivity contribution in [3.63, 3.8) is 0 Å². The third-order valence-electron chi connectivity index (χ3n) is 3.13. The van der Waals surface area contributed by atoms with Gasteiger partial charge in [0.15, 0.2) is 0 Å². The summed E-state index contributed by atoms with van der Waals surface area (Å²) in [6, 6.07) is 4.03. The van der Waals surface area contributed by atoms with Gasteiger partial charge in [0.1, 0.15) is 12.1 Å². The minimum Gasteiger partial charge on any atom is -0.354 e. The number of hydrogen-bond acceptors (Lipinski definition) is 3. The molecular weight excluding hydrogens is 240 g/mol. The summed E-state index contributed by atoms with van der Waals surface area (Å²) in [5.41, 5.74) is 4.10. The molecule has 0 aliphatic carbocycles. The van der Waals surface area contributed by atoms with Gasteiger partial charge in [0.25, 0.3) is 0 Å². The molecule has 0 fully saturated rings. The molecule has 0 aliphatic heterocycles. The van der Waals surface area contributed by atoms with Crippen molar-refractivity contribution in [1.29, 1.82) is 0 Å². The van der Waals surface area contributed by atoms with Gasteiger partial charge >= 0.3 is 0 Å². The molecule has 102 valence electrons. The van der Waals surface area contributed by atoms with Crippen molar-refractivity contribution in [2.75, 3.05) is 6.54 Å². The summed E-state index contributed by atoms with van der Waals surface area (Å²) in [4.78, 5) is 11.8. The maximum atomic E-state index is 11.8. The lowest BCUT2D eigenvalue weighted by Gasteiger charge is -2.08. The predicted molar refractivity (Wildman–Crippen MR) is 74.8 cm³/mol. The van der Waals surface area contributed by atoms with Crippen molar-refractivity contribution in [3.8, 4) is 0 Å². The van der Waals surface area contributed by atoms with Crippen LogP contribution in [-0.2, 0) is 11.3 Å². The highest BCUT2D eigenvalue weighted by molar-refractivity contribution is 5.80. The van der Waals surface area contributed by atoms with Gasteiger partial charge in [-0.2, -0.15) is 0 Å². The number of benzene rings is 1. The number of hydrogen-bond donors (Lipinski definition) is 1. The predicted octanol–water partition coefficient (Wildman–Crippen LogP) is 1.82. The second kappa shape index (κ2) is 5.38. The van der Waals surface area contributed by atoms with E-state index in [1.54, 1.807) is 4.68 Å². The SMILES string of the molecule is Cc1cc2nnn(CC(=O)NCC(C)C)c2cc1C. The number of fused-ring (bicyclic) bond motifs is 1. The number of carbonyl (C=O) groups excluding carboxylic acids is 1. The van der Waals surface area contributed by atoms with Crippen molar-refractivity contribution in [2.45, 2.75) is 34.2 Å². The fraction of sp³-hybridized carbons (Fsp3) is 0.500. The zero-order chi connectivity index (χ0) is 14.0. The number of rotatable bonds is 4. The van der Waals surface area contributed by atoms with Gasteiger partial charge in [-0.1, -0.05) is 19.1 Å². The number of aromatic nitrogens is 3. The van der Waals surface area contributed by atoms with Crippen LogP contribution in [0.3, 0.4) is 0 Å². The summed E-state index contributed by atoms with van der Waals surface area (Å²) < 4.78 is 1.65. The smallest absolute Gasteiger partial charge is 0.241 e. The average molecular weight is 260 g/mol. The molecule has 0 unspecified atom stereocenters. The Hall–Kier alpha value is -1.91. The number of amides is 1. The van der Waals surface area contributed by atoms with Gasteiger partial charge in [0, 0.05) is 6.54 Å². The maximum Gasteiger partial charge on any atom is 0.241 e. The topological polar surface area (TPSA) is 59.8 Å². The quantitative estimate of drug-likeness (QED) is 0.912. The van der Waals surface area contributed by atoms with Crippen LogP contribution in [0.1, 0.15) is 25.0 Å². The van der Waals surface area contributed by atoms with Gasteiger partial charge in [0.05, 0.1) is 5.52 Å². The van der Waals surface area contributed by atoms with Crippen molar-refractivity contribution in [2.24, 2.45) is 5.92 Å². The highest BCUT2D eigenvalue weighted by Gasteiger charge is 2.10. The molecule has 0 saturated heterocycles. The maximum absolute atomic E-state index is 11.8. The molecule has 5 heteroatoms. The van der Waals surface area contributed by atoms with Crippen LogP contribution in [0.4, 0.5) is 0 Å². The normalized spacial score (nSPS) is 11.2. The van der Waals surface area contributed by atoms with Crippen molar-refractivity contribution >= 4 is 16.9 Å². The first kappa shape index (κ1) is 13.5. The summed E-state index contributed by atoms with van der Waals surface area (Å²) >= 11 is 0. The van der Waals surface area contributed by atoms with Gasteiger partial charge in [-0.25, -0.2) is 4.68 Å². The molecule has 0 bridgehead atoms. The second-order valence-electron chi connectivity index (χ2n) is 5.37.